The highest BCUT2D eigenvalue weighted by Gasteiger charge is 2.00. The Balaban J connectivity index is 1.73. The molecule has 0 aliphatic carbocycles. The summed E-state index contributed by atoms with van der Waals surface area (Å²) in [4.78, 5) is 4.46. The van der Waals surface area contributed by atoms with E-state index in [1.807, 2.05) is 12.3 Å². The average Bonchev–Trinajstić information content (AvgIpc) is 2.46. The Hall–Kier alpha value is -1.61. The van der Waals surface area contributed by atoms with Crippen molar-refractivity contribution in [3.05, 3.63) is 36.5 Å². The van der Waals surface area contributed by atoms with Crippen LogP contribution in [0.1, 0.15) is 33.1 Å². The molecule has 0 aliphatic heterocycles. The molecule has 3 nitrogen and oxygen atoms in total. The molecule has 0 fully saturated rings. The van der Waals surface area contributed by atoms with Crippen LogP contribution in [-0.4, -0.2) is 24.1 Å². The maximum absolute atomic E-state index is 4.46. The molecule has 20 heavy (non-hydrogen) atoms. The Labute approximate surface area is 121 Å². The predicted octanol–water partition coefficient (Wildman–Crippen LogP) is 3.82. The van der Waals surface area contributed by atoms with Gasteiger partial charge in [0.05, 0.1) is 11.2 Å². The Kier molecular flexibility index (Phi) is 5.81. The minimum Gasteiger partial charge on any atom is -0.383 e. The molecule has 3 heteroatoms. The van der Waals surface area contributed by atoms with Gasteiger partial charge in [-0.2, -0.15) is 0 Å². The van der Waals surface area contributed by atoms with Gasteiger partial charge in [-0.3, -0.25) is 4.98 Å². The summed E-state index contributed by atoms with van der Waals surface area (Å²) in [7, 11) is 0. The second-order valence-electron chi connectivity index (χ2n) is 5.48. The highest BCUT2D eigenvalue weighted by Crippen LogP contribution is 2.20. The third-order valence-corrected chi connectivity index (χ3v) is 3.35. The molecule has 2 N–H and O–H groups in total. The van der Waals surface area contributed by atoms with Crippen LogP contribution in [0.2, 0.25) is 0 Å². The third-order valence-electron chi connectivity index (χ3n) is 3.35. The number of anilines is 1. The van der Waals surface area contributed by atoms with Gasteiger partial charge < -0.3 is 10.6 Å². The predicted molar refractivity (Wildman–Crippen MR) is 87.2 cm³/mol. The lowest BCUT2D eigenvalue weighted by molar-refractivity contribution is 0.552. The van der Waals surface area contributed by atoms with Crippen molar-refractivity contribution >= 4 is 16.6 Å². The second kappa shape index (κ2) is 7.85. The first-order valence-electron chi connectivity index (χ1n) is 7.58. The molecule has 1 heterocycles. The van der Waals surface area contributed by atoms with Gasteiger partial charge in [-0.25, -0.2) is 0 Å². The molecular weight excluding hydrogens is 246 g/mol. The topological polar surface area (TPSA) is 37.0 Å². The van der Waals surface area contributed by atoms with Crippen LogP contribution in [0.15, 0.2) is 36.5 Å². The number of para-hydroxylation sites is 1. The van der Waals surface area contributed by atoms with E-state index in [1.54, 1.807) is 0 Å². The van der Waals surface area contributed by atoms with Crippen molar-refractivity contribution in [1.82, 2.24) is 10.3 Å². The largest absolute Gasteiger partial charge is 0.383 e. The minimum atomic E-state index is 0.592. The summed E-state index contributed by atoms with van der Waals surface area (Å²) >= 11 is 0. The van der Waals surface area contributed by atoms with Gasteiger partial charge in [-0.1, -0.05) is 38.5 Å². The number of nitrogens with one attached hydrogen (secondary N) is 2. The number of nitrogens with zero attached hydrogens (tertiary/aromatic N) is 1. The molecular formula is C17H25N3. The molecule has 2 aromatic rings. The Bertz CT molecular complexity index is 517. The third kappa shape index (κ3) is 4.49. The van der Waals surface area contributed by atoms with Crippen LogP contribution in [0.5, 0.6) is 0 Å². The smallest absolute Gasteiger partial charge is 0.0933 e. The lowest BCUT2D eigenvalue weighted by atomic mass is 10.2. The zero-order valence-electron chi connectivity index (χ0n) is 12.5. The molecule has 0 aliphatic rings. The van der Waals surface area contributed by atoms with Crippen molar-refractivity contribution < 1.29 is 0 Å². The van der Waals surface area contributed by atoms with E-state index in [4.69, 9.17) is 0 Å². The number of hydrogen-bond donors (Lipinski definition) is 2. The van der Waals surface area contributed by atoms with E-state index in [-0.39, 0.29) is 0 Å². The van der Waals surface area contributed by atoms with E-state index in [9.17, 15) is 0 Å². The van der Waals surface area contributed by atoms with Crippen molar-refractivity contribution in [1.29, 1.82) is 0 Å². The fourth-order valence-electron chi connectivity index (χ4n) is 2.29. The molecule has 0 spiro atoms. The summed E-state index contributed by atoms with van der Waals surface area (Å²) in [6, 6.07) is 11.0. The van der Waals surface area contributed by atoms with E-state index in [2.05, 4.69) is 53.7 Å². The fourth-order valence-corrected chi connectivity index (χ4v) is 2.29. The van der Waals surface area contributed by atoms with Crippen LogP contribution in [0, 0.1) is 0 Å². The summed E-state index contributed by atoms with van der Waals surface area (Å²) in [5, 5.41) is 8.15. The molecule has 2 rings (SSSR count). The number of benzene rings is 1. The van der Waals surface area contributed by atoms with E-state index in [1.165, 1.54) is 24.6 Å². The molecule has 1 aromatic carbocycles. The summed E-state index contributed by atoms with van der Waals surface area (Å²) in [6.45, 7) is 6.51. The van der Waals surface area contributed by atoms with Crippen LogP contribution >= 0.6 is 0 Å². The maximum Gasteiger partial charge on any atom is 0.0933 e. The van der Waals surface area contributed by atoms with Gasteiger partial charge >= 0.3 is 0 Å². The van der Waals surface area contributed by atoms with Crippen LogP contribution in [0.4, 0.5) is 5.69 Å². The van der Waals surface area contributed by atoms with Gasteiger partial charge in [-0.05, 0) is 31.5 Å². The van der Waals surface area contributed by atoms with E-state index < -0.39 is 0 Å². The molecule has 108 valence electrons. The van der Waals surface area contributed by atoms with Gasteiger partial charge in [0.2, 0.25) is 0 Å². The van der Waals surface area contributed by atoms with E-state index in [0.29, 0.717) is 6.04 Å². The van der Waals surface area contributed by atoms with Crippen LogP contribution in [0.3, 0.4) is 0 Å². The van der Waals surface area contributed by atoms with Crippen molar-refractivity contribution in [2.75, 3.05) is 18.4 Å². The van der Waals surface area contributed by atoms with Crippen LogP contribution in [0.25, 0.3) is 10.9 Å². The van der Waals surface area contributed by atoms with Crippen LogP contribution < -0.4 is 10.6 Å². The molecule has 0 saturated heterocycles. The van der Waals surface area contributed by atoms with Gasteiger partial charge in [-0.15, -0.1) is 0 Å². The molecule has 0 bridgehead atoms. The lowest BCUT2D eigenvalue weighted by Crippen LogP contribution is -2.23. The number of pyridine rings is 1. The summed E-state index contributed by atoms with van der Waals surface area (Å²) in [6.07, 6.45) is 5.55. The van der Waals surface area contributed by atoms with Crippen molar-refractivity contribution in [3.63, 3.8) is 0 Å². The van der Waals surface area contributed by atoms with Crippen molar-refractivity contribution in [3.8, 4) is 0 Å². The monoisotopic (exact) mass is 271 g/mol. The number of rotatable bonds is 8. The quantitative estimate of drug-likeness (QED) is 0.717. The van der Waals surface area contributed by atoms with Gasteiger partial charge in [0, 0.05) is 24.2 Å². The van der Waals surface area contributed by atoms with Gasteiger partial charge in [0.1, 0.15) is 0 Å². The average molecular weight is 271 g/mol. The molecule has 0 radical (unpaired) electrons. The first-order chi connectivity index (χ1) is 9.77. The fraction of sp³-hybridized carbons (Fsp3) is 0.471. The minimum absolute atomic E-state index is 0.592. The Morgan fingerprint density at radius 2 is 1.80 bits per heavy atom. The second-order valence-corrected chi connectivity index (χ2v) is 5.48. The van der Waals surface area contributed by atoms with Crippen LogP contribution in [-0.2, 0) is 0 Å². The maximum atomic E-state index is 4.46. The SMILES string of the molecule is CC(C)NCCCCCNc1cccc2cccnc12. The molecule has 0 saturated carbocycles. The summed E-state index contributed by atoms with van der Waals surface area (Å²) in [5.74, 6) is 0. The highest BCUT2D eigenvalue weighted by atomic mass is 14.9. The molecule has 1 aromatic heterocycles. The number of fused-ring (bicyclic) bond motifs is 1. The molecule has 0 atom stereocenters. The highest BCUT2D eigenvalue weighted by molar-refractivity contribution is 5.90. The van der Waals surface area contributed by atoms with E-state index in [0.717, 1.165) is 24.3 Å². The van der Waals surface area contributed by atoms with Crippen molar-refractivity contribution in [2.45, 2.75) is 39.2 Å². The number of unbranched alkanes of at least 4 members (excludes halogenated alkanes) is 2. The van der Waals surface area contributed by atoms with E-state index >= 15 is 0 Å². The first kappa shape index (κ1) is 14.8. The van der Waals surface area contributed by atoms with Crippen molar-refractivity contribution in [2.24, 2.45) is 0 Å². The van der Waals surface area contributed by atoms with Gasteiger partial charge in [0.15, 0.2) is 0 Å². The molecule has 0 amide bonds. The number of aromatic nitrogens is 1. The normalized spacial score (nSPS) is 11.2. The summed E-state index contributed by atoms with van der Waals surface area (Å²) < 4.78 is 0. The summed E-state index contributed by atoms with van der Waals surface area (Å²) in [5.41, 5.74) is 2.21. The lowest BCUT2D eigenvalue weighted by Gasteiger charge is -2.10. The van der Waals surface area contributed by atoms with Gasteiger partial charge in [0.25, 0.3) is 0 Å². The Morgan fingerprint density at radius 3 is 2.65 bits per heavy atom. The first-order valence-corrected chi connectivity index (χ1v) is 7.58. The zero-order valence-corrected chi connectivity index (χ0v) is 12.5. The molecule has 0 unspecified atom stereocenters. The zero-order chi connectivity index (χ0) is 14.2. The number of hydrogen-bond acceptors (Lipinski definition) is 3. The Morgan fingerprint density at radius 1 is 1.00 bits per heavy atom. The standard InChI is InChI=1S/C17H25N3/c1-14(2)18-11-4-3-5-12-19-16-10-6-8-15-9-7-13-20-17(15)16/h6-10,13-14,18-19H,3-5,11-12H2,1-2H3.